The number of nitrogens with two attached hydrogens (primary N) is 1. The number of primary amides is 1. The summed E-state index contributed by atoms with van der Waals surface area (Å²) in [6.45, 7) is 7.10. The number of rotatable bonds is 7. The summed E-state index contributed by atoms with van der Waals surface area (Å²) in [4.78, 5) is 36.5. The minimum absolute atomic E-state index is 0.136. The summed E-state index contributed by atoms with van der Waals surface area (Å²) in [7, 11) is 0. The Kier molecular flexibility index (Phi) is 6.18. The molecule has 0 aliphatic carbocycles. The first kappa shape index (κ1) is 20.5. The van der Waals surface area contributed by atoms with Crippen molar-refractivity contribution in [3.8, 4) is 0 Å². The Morgan fingerprint density at radius 3 is 2.69 bits per heavy atom. The van der Waals surface area contributed by atoms with Crippen LogP contribution in [0.2, 0.25) is 0 Å². The molecule has 8 heteroatoms. The molecule has 1 saturated heterocycles. The van der Waals surface area contributed by atoms with Gasteiger partial charge in [0.2, 0.25) is 5.78 Å². The largest absolute Gasteiger partial charge is 0.468 e. The predicted octanol–water partition coefficient (Wildman–Crippen LogP) is 2.07. The maximum Gasteiger partial charge on any atom is 0.319 e. The molecule has 1 aliphatic heterocycles. The minimum Gasteiger partial charge on any atom is -0.468 e. The fourth-order valence-electron chi connectivity index (χ4n) is 2.59. The Bertz CT molecular complexity index is 666. The van der Waals surface area contributed by atoms with Gasteiger partial charge < -0.3 is 19.6 Å². The number of ether oxygens (including phenoxy) is 2. The molecule has 144 valence electrons. The van der Waals surface area contributed by atoms with Crippen molar-refractivity contribution in [3.63, 3.8) is 0 Å². The van der Waals surface area contributed by atoms with Crippen LogP contribution in [0.15, 0.2) is 22.8 Å². The van der Waals surface area contributed by atoms with Gasteiger partial charge in [-0.25, -0.2) is 0 Å². The Morgan fingerprint density at radius 2 is 2.15 bits per heavy atom. The molecule has 0 saturated carbocycles. The van der Waals surface area contributed by atoms with E-state index in [9.17, 15) is 14.4 Å². The molecule has 0 aromatic carbocycles. The predicted molar refractivity (Wildman–Crippen MR) is 96.3 cm³/mol. The van der Waals surface area contributed by atoms with Crippen LogP contribution in [0.3, 0.4) is 0 Å². The number of amides is 1. The van der Waals surface area contributed by atoms with Gasteiger partial charge in [0.15, 0.2) is 11.7 Å². The molecule has 0 bridgehead atoms. The fourth-order valence-corrected chi connectivity index (χ4v) is 3.93. The molecule has 1 fully saturated rings. The van der Waals surface area contributed by atoms with E-state index < -0.39 is 34.6 Å². The Labute approximate surface area is 157 Å². The quantitative estimate of drug-likeness (QED) is 0.718. The lowest BCUT2D eigenvalue weighted by Gasteiger charge is -2.28. The van der Waals surface area contributed by atoms with Crippen LogP contribution in [0.1, 0.15) is 39.9 Å². The van der Waals surface area contributed by atoms with Crippen LogP contribution in [0, 0.1) is 5.41 Å². The Balaban J connectivity index is 2.11. The number of Topliss-reactive ketones (excluding diaryl/α,β-unsaturated/α-hetero) is 1. The lowest BCUT2D eigenvalue weighted by Crippen LogP contribution is -2.52. The second-order valence-electron chi connectivity index (χ2n) is 7.69. The zero-order valence-electron chi connectivity index (χ0n) is 15.4. The second kappa shape index (κ2) is 7.84. The van der Waals surface area contributed by atoms with E-state index in [1.807, 2.05) is 26.8 Å². The highest BCUT2D eigenvalue weighted by atomic mass is 32.2. The van der Waals surface area contributed by atoms with E-state index in [-0.39, 0.29) is 12.0 Å². The van der Waals surface area contributed by atoms with Crippen molar-refractivity contribution in [2.24, 2.45) is 11.1 Å². The molecule has 2 N–H and O–H groups in total. The van der Waals surface area contributed by atoms with Crippen LogP contribution < -0.4 is 5.73 Å². The van der Waals surface area contributed by atoms with Crippen LogP contribution >= 0.6 is 11.8 Å². The molecule has 1 amide bonds. The summed E-state index contributed by atoms with van der Waals surface area (Å²) in [6, 6.07) is 3.60. The van der Waals surface area contributed by atoms with Crippen LogP contribution in [0.4, 0.5) is 0 Å². The Hall–Kier alpha value is -1.80. The number of hydrogen-bond donors (Lipinski definition) is 1. The molecule has 1 aromatic heterocycles. The van der Waals surface area contributed by atoms with Crippen molar-refractivity contribution >= 4 is 29.4 Å². The van der Waals surface area contributed by atoms with Gasteiger partial charge in [0, 0.05) is 0 Å². The number of esters is 1. The molecule has 0 spiro atoms. The summed E-state index contributed by atoms with van der Waals surface area (Å²) < 4.78 is 15.9. The van der Waals surface area contributed by atoms with E-state index in [1.54, 1.807) is 12.3 Å². The van der Waals surface area contributed by atoms with E-state index in [0.29, 0.717) is 12.2 Å². The molecular weight excluding hydrogens is 358 g/mol. The summed E-state index contributed by atoms with van der Waals surface area (Å²) >= 11 is 1.37. The lowest BCUT2D eigenvalue weighted by molar-refractivity contribution is -0.165. The molecule has 7 nitrogen and oxygen atoms in total. The highest BCUT2D eigenvalue weighted by molar-refractivity contribution is 7.99. The Morgan fingerprint density at radius 1 is 1.46 bits per heavy atom. The minimum atomic E-state index is -1.63. The summed E-state index contributed by atoms with van der Waals surface area (Å²) in [6.07, 6.45) is 0.783. The van der Waals surface area contributed by atoms with Gasteiger partial charge >= 0.3 is 5.97 Å². The van der Waals surface area contributed by atoms with Gasteiger partial charge in [-0.2, -0.15) is 0 Å². The molecule has 3 atom stereocenters. The van der Waals surface area contributed by atoms with Gasteiger partial charge in [0.1, 0.15) is 17.6 Å². The van der Waals surface area contributed by atoms with Gasteiger partial charge in [0.25, 0.3) is 5.91 Å². The number of carbonyl (C=O) groups is 3. The van der Waals surface area contributed by atoms with E-state index in [1.165, 1.54) is 18.7 Å². The third-order valence-electron chi connectivity index (χ3n) is 4.10. The van der Waals surface area contributed by atoms with E-state index in [4.69, 9.17) is 19.6 Å². The topological polar surface area (TPSA) is 109 Å². The van der Waals surface area contributed by atoms with Gasteiger partial charge in [-0.3, -0.25) is 14.4 Å². The summed E-state index contributed by atoms with van der Waals surface area (Å²) in [5.74, 6) is -0.635. The van der Waals surface area contributed by atoms with Crippen LogP contribution in [0.25, 0.3) is 0 Å². The number of thioether (sulfide) groups is 1. The zero-order valence-corrected chi connectivity index (χ0v) is 16.3. The average molecular weight is 383 g/mol. The highest BCUT2D eigenvalue weighted by Crippen LogP contribution is 2.33. The molecule has 2 heterocycles. The first-order valence-corrected chi connectivity index (χ1v) is 9.39. The summed E-state index contributed by atoms with van der Waals surface area (Å²) in [5, 5.41) is -0.523. The number of hydrogen-bond acceptors (Lipinski definition) is 7. The fraction of sp³-hybridized carbons (Fsp3) is 0.611. The van der Waals surface area contributed by atoms with Crippen molar-refractivity contribution in [1.82, 2.24) is 0 Å². The van der Waals surface area contributed by atoms with Crippen LogP contribution in [-0.4, -0.2) is 41.2 Å². The molecule has 26 heavy (non-hydrogen) atoms. The molecule has 3 unspecified atom stereocenters. The number of carbonyl (C=O) groups excluding carboxylic acids is 3. The third kappa shape index (κ3) is 4.88. The van der Waals surface area contributed by atoms with E-state index in [0.717, 1.165) is 5.76 Å². The van der Waals surface area contributed by atoms with Gasteiger partial charge in [-0.05, 0) is 30.9 Å². The van der Waals surface area contributed by atoms with Crippen molar-refractivity contribution in [1.29, 1.82) is 0 Å². The SMILES string of the molecule is CC(C)(C)CC(SCc1ccco1)C(=O)OC1C(=O)COC1(C)C(N)=O. The lowest BCUT2D eigenvalue weighted by atomic mass is 9.90. The van der Waals surface area contributed by atoms with Crippen molar-refractivity contribution in [2.75, 3.05) is 6.61 Å². The molecular formula is C18H25NO6S. The maximum atomic E-state index is 12.8. The van der Waals surface area contributed by atoms with Crippen molar-refractivity contribution in [2.45, 2.75) is 56.8 Å². The monoisotopic (exact) mass is 383 g/mol. The van der Waals surface area contributed by atoms with Crippen molar-refractivity contribution < 1.29 is 28.3 Å². The smallest absolute Gasteiger partial charge is 0.319 e. The first-order chi connectivity index (χ1) is 12.0. The van der Waals surface area contributed by atoms with Crippen molar-refractivity contribution in [3.05, 3.63) is 24.2 Å². The van der Waals surface area contributed by atoms with Gasteiger partial charge in [-0.15, -0.1) is 11.8 Å². The maximum absolute atomic E-state index is 12.8. The van der Waals surface area contributed by atoms with Gasteiger partial charge in [-0.1, -0.05) is 20.8 Å². The zero-order chi connectivity index (χ0) is 19.5. The highest BCUT2D eigenvalue weighted by Gasteiger charge is 2.53. The number of ketones is 1. The molecule has 1 aliphatic rings. The van der Waals surface area contributed by atoms with E-state index in [2.05, 4.69) is 0 Å². The van der Waals surface area contributed by atoms with Gasteiger partial charge in [0.05, 0.1) is 12.0 Å². The molecule has 1 aromatic rings. The summed E-state index contributed by atoms with van der Waals surface area (Å²) in [5.41, 5.74) is 3.57. The average Bonchev–Trinajstić information content (AvgIpc) is 3.14. The third-order valence-corrected chi connectivity index (χ3v) is 5.31. The molecule has 0 radical (unpaired) electrons. The number of furan rings is 1. The van der Waals surface area contributed by atoms with Crippen LogP contribution in [-0.2, 0) is 29.6 Å². The first-order valence-electron chi connectivity index (χ1n) is 8.34. The normalized spacial score (nSPS) is 24.5. The molecule has 2 rings (SSSR count). The second-order valence-corrected chi connectivity index (χ2v) is 8.88. The standard InChI is InChI=1S/C18H25NO6S/c1-17(2,3)8-13(26-10-11-6-5-7-23-11)15(21)25-14-12(20)9-24-18(14,4)16(19)22/h5-7,13-14H,8-10H2,1-4H3,(H2,19,22). The van der Waals surface area contributed by atoms with Crippen LogP contribution in [0.5, 0.6) is 0 Å². The van der Waals surface area contributed by atoms with E-state index >= 15 is 0 Å².